The molecule has 5 heteroatoms. The predicted octanol–water partition coefficient (Wildman–Crippen LogP) is 1.61. The van der Waals surface area contributed by atoms with Gasteiger partial charge in [0.1, 0.15) is 0 Å². The van der Waals surface area contributed by atoms with Crippen LogP contribution >= 0.6 is 0 Å². The maximum Gasteiger partial charge on any atom is 0.238 e. The summed E-state index contributed by atoms with van der Waals surface area (Å²) in [5, 5.41) is 8.42. The Morgan fingerprint density at radius 3 is 2.71 bits per heavy atom. The van der Waals surface area contributed by atoms with Crippen LogP contribution in [0.5, 0.6) is 0 Å². The summed E-state index contributed by atoms with van der Waals surface area (Å²) in [6, 6.07) is 7.15. The van der Waals surface area contributed by atoms with E-state index in [1.165, 1.54) is 6.07 Å². The van der Waals surface area contributed by atoms with Crippen molar-refractivity contribution in [2.75, 3.05) is 0 Å². The zero-order valence-electron chi connectivity index (χ0n) is 10.3. The van der Waals surface area contributed by atoms with Gasteiger partial charge in [-0.3, -0.25) is 0 Å². The molecule has 0 saturated heterocycles. The Bertz CT molecular complexity index is 457. The van der Waals surface area contributed by atoms with Gasteiger partial charge in [-0.25, -0.2) is 13.6 Å². The average molecular weight is 256 g/mol. The van der Waals surface area contributed by atoms with Crippen LogP contribution in [-0.4, -0.2) is 14.5 Å². The molecule has 1 aromatic carbocycles. The number of hydrogen-bond acceptors (Lipinski definition) is 3. The minimum atomic E-state index is -3.60. The molecule has 0 aliphatic carbocycles. The van der Waals surface area contributed by atoms with Crippen molar-refractivity contribution in [3.63, 3.8) is 0 Å². The Kier molecular flexibility index (Phi) is 5.11. The van der Waals surface area contributed by atoms with Crippen molar-refractivity contribution in [3.05, 3.63) is 29.8 Å². The fraction of sp³-hybridized carbons (Fsp3) is 0.500. The highest BCUT2D eigenvalue weighted by Gasteiger charge is 2.08. The van der Waals surface area contributed by atoms with Gasteiger partial charge in [0, 0.05) is 12.6 Å². The monoisotopic (exact) mass is 256 g/mol. The molecule has 0 bridgehead atoms. The molecule has 1 aromatic rings. The van der Waals surface area contributed by atoms with Crippen molar-refractivity contribution in [3.8, 4) is 0 Å². The molecule has 4 nitrogen and oxygen atoms in total. The van der Waals surface area contributed by atoms with Crippen LogP contribution < -0.4 is 10.5 Å². The number of nitrogens with two attached hydrogens (primary N) is 1. The first-order chi connectivity index (χ1) is 7.93. The molecule has 0 heterocycles. The van der Waals surface area contributed by atoms with Gasteiger partial charge < -0.3 is 5.32 Å². The van der Waals surface area contributed by atoms with Crippen molar-refractivity contribution in [1.29, 1.82) is 0 Å². The van der Waals surface area contributed by atoms with Crippen LogP contribution in [0.4, 0.5) is 0 Å². The highest BCUT2D eigenvalue weighted by molar-refractivity contribution is 7.89. The number of sulfonamides is 1. The van der Waals surface area contributed by atoms with E-state index < -0.39 is 10.0 Å². The predicted molar refractivity (Wildman–Crippen MR) is 69.0 cm³/mol. The maximum atomic E-state index is 11.2. The number of rotatable bonds is 6. The molecule has 0 aliphatic heterocycles. The SMILES string of the molecule is CCCC(C)NCc1cccc(S(N)(=O)=O)c1. The van der Waals surface area contributed by atoms with Gasteiger partial charge in [0.05, 0.1) is 4.90 Å². The Morgan fingerprint density at radius 2 is 2.12 bits per heavy atom. The second-order valence-electron chi connectivity index (χ2n) is 4.26. The van der Waals surface area contributed by atoms with E-state index in [9.17, 15) is 8.42 Å². The standard InChI is InChI=1S/C12H20N2O2S/c1-3-5-10(2)14-9-11-6-4-7-12(8-11)17(13,15)16/h4,6-8,10,14H,3,5,9H2,1-2H3,(H2,13,15,16). The first kappa shape index (κ1) is 14.2. The first-order valence-corrected chi connectivity index (χ1v) is 7.33. The summed E-state index contributed by atoms with van der Waals surface area (Å²) in [6.45, 7) is 4.91. The molecule has 17 heavy (non-hydrogen) atoms. The Labute approximate surface area is 103 Å². The van der Waals surface area contributed by atoms with E-state index in [-0.39, 0.29) is 4.90 Å². The minimum absolute atomic E-state index is 0.167. The fourth-order valence-corrected chi connectivity index (χ4v) is 2.24. The third-order valence-electron chi connectivity index (χ3n) is 2.60. The maximum absolute atomic E-state index is 11.2. The molecule has 1 unspecified atom stereocenters. The molecule has 0 amide bonds. The third-order valence-corrected chi connectivity index (χ3v) is 3.51. The van der Waals surface area contributed by atoms with Gasteiger partial charge in [-0.2, -0.15) is 0 Å². The van der Waals surface area contributed by atoms with Crippen molar-refractivity contribution in [2.24, 2.45) is 5.14 Å². The van der Waals surface area contributed by atoms with Gasteiger partial charge in [-0.05, 0) is 31.0 Å². The fourth-order valence-electron chi connectivity index (χ4n) is 1.66. The third kappa shape index (κ3) is 4.85. The van der Waals surface area contributed by atoms with Gasteiger partial charge in [0.2, 0.25) is 10.0 Å². The summed E-state index contributed by atoms with van der Waals surface area (Å²) in [4.78, 5) is 0.167. The molecule has 1 rings (SSSR count). The van der Waals surface area contributed by atoms with Crippen molar-refractivity contribution in [2.45, 2.75) is 44.2 Å². The average Bonchev–Trinajstić information content (AvgIpc) is 2.26. The highest BCUT2D eigenvalue weighted by atomic mass is 32.2. The summed E-state index contributed by atoms with van der Waals surface area (Å²) in [6.07, 6.45) is 2.24. The number of hydrogen-bond donors (Lipinski definition) is 2. The summed E-state index contributed by atoms with van der Waals surface area (Å²) in [5.74, 6) is 0. The van der Waals surface area contributed by atoms with E-state index in [1.807, 2.05) is 6.07 Å². The number of nitrogens with one attached hydrogen (secondary N) is 1. The second kappa shape index (κ2) is 6.14. The van der Waals surface area contributed by atoms with Gasteiger partial charge in [0.25, 0.3) is 0 Å². The van der Waals surface area contributed by atoms with Crippen molar-refractivity contribution < 1.29 is 8.42 Å². The van der Waals surface area contributed by atoms with E-state index in [4.69, 9.17) is 5.14 Å². The van der Waals surface area contributed by atoms with Crippen LogP contribution in [0.3, 0.4) is 0 Å². The smallest absolute Gasteiger partial charge is 0.238 e. The van der Waals surface area contributed by atoms with Gasteiger partial charge in [-0.15, -0.1) is 0 Å². The molecular weight excluding hydrogens is 236 g/mol. The van der Waals surface area contributed by atoms with Crippen molar-refractivity contribution in [1.82, 2.24) is 5.32 Å². The lowest BCUT2D eigenvalue weighted by Crippen LogP contribution is -2.25. The summed E-state index contributed by atoms with van der Waals surface area (Å²) in [7, 11) is -3.60. The van der Waals surface area contributed by atoms with E-state index in [1.54, 1.807) is 12.1 Å². The number of benzene rings is 1. The first-order valence-electron chi connectivity index (χ1n) is 5.78. The van der Waals surface area contributed by atoms with Crippen LogP contribution in [-0.2, 0) is 16.6 Å². The quantitative estimate of drug-likeness (QED) is 0.812. The second-order valence-corrected chi connectivity index (χ2v) is 5.82. The van der Waals surface area contributed by atoms with Crippen LogP contribution in [0, 0.1) is 0 Å². The molecule has 3 N–H and O–H groups in total. The van der Waals surface area contributed by atoms with Crippen LogP contribution in [0.15, 0.2) is 29.2 Å². The molecule has 0 radical (unpaired) electrons. The largest absolute Gasteiger partial charge is 0.310 e. The lowest BCUT2D eigenvalue weighted by atomic mass is 10.1. The zero-order valence-corrected chi connectivity index (χ0v) is 11.1. The zero-order chi connectivity index (χ0) is 12.9. The molecule has 96 valence electrons. The molecule has 0 fully saturated rings. The van der Waals surface area contributed by atoms with E-state index in [0.29, 0.717) is 12.6 Å². The topological polar surface area (TPSA) is 72.2 Å². The molecular formula is C12H20N2O2S. The normalized spacial score (nSPS) is 13.6. The lowest BCUT2D eigenvalue weighted by molar-refractivity contribution is 0.508. The van der Waals surface area contributed by atoms with Crippen LogP contribution in [0.25, 0.3) is 0 Å². The Balaban J connectivity index is 2.67. The summed E-state index contributed by atoms with van der Waals surface area (Å²) in [5.41, 5.74) is 0.930. The Hall–Kier alpha value is -0.910. The van der Waals surface area contributed by atoms with Crippen molar-refractivity contribution >= 4 is 10.0 Å². The minimum Gasteiger partial charge on any atom is -0.310 e. The molecule has 0 saturated carbocycles. The highest BCUT2D eigenvalue weighted by Crippen LogP contribution is 2.10. The Morgan fingerprint density at radius 1 is 1.41 bits per heavy atom. The van der Waals surface area contributed by atoms with Gasteiger partial charge in [0.15, 0.2) is 0 Å². The summed E-state index contributed by atoms with van der Waals surface area (Å²) >= 11 is 0. The van der Waals surface area contributed by atoms with Crippen LogP contribution in [0.1, 0.15) is 32.3 Å². The van der Waals surface area contributed by atoms with Crippen LogP contribution in [0.2, 0.25) is 0 Å². The van der Waals surface area contributed by atoms with Gasteiger partial charge in [-0.1, -0.05) is 25.5 Å². The molecule has 0 spiro atoms. The number of primary sulfonamides is 1. The van der Waals surface area contributed by atoms with E-state index in [0.717, 1.165) is 18.4 Å². The molecule has 0 aliphatic rings. The lowest BCUT2D eigenvalue weighted by Gasteiger charge is -2.12. The molecule has 1 atom stereocenters. The molecule has 0 aromatic heterocycles. The van der Waals surface area contributed by atoms with Gasteiger partial charge >= 0.3 is 0 Å². The summed E-state index contributed by atoms with van der Waals surface area (Å²) < 4.78 is 22.4. The van der Waals surface area contributed by atoms with E-state index in [2.05, 4.69) is 19.2 Å². The van der Waals surface area contributed by atoms with E-state index >= 15 is 0 Å².